The minimum Gasteiger partial charge on any atom is -0.356 e. The Labute approximate surface area is 87.3 Å². The molecule has 0 aromatic carbocycles. The molecule has 2 unspecified atom stereocenters. The lowest BCUT2D eigenvalue weighted by Gasteiger charge is -2.34. The summed E-state index contributed by atoms with van der Waals surface area (Å²) in [5.74, 6) is 0. The molecule has 0 aromatic heterocycles. The number of nitriles is 1. The standard InChI is InChI=1S/C5H5BrClN3O3/c6-5(3-8)4(7)13-2-1-9(5)10(11)12/h4H,1-2H2. The molecule has 8 heteroatoms. The lowest BCUT2D eigenvalue weighted by molar-refractivity contribution is -0.669. The van der Waals surface area contributed by atoms with Crippen molar-refractivity contribution in [1.82, 2.24) is 5.01 Å². The topological polar surface area (TPSA) is 79.4 Å². The van der Waals surface area contributed by atoms with Gasteiger partial charge in [0.2, 0.25) is 0 Å². The van der Waals surface area contributed by atoms with Gasteiger partial charge in [-0.25, -0.2) is 10.1 Å². The third kappa shape index (κ3) is 1.70. The number of hydrogen-bond acceptors (Lipinski definition) is 4. The summed E-state index contributed by atoms with van der Waals surface area (Å²) in [7, 11) is 0. The molecule has 0 bridgehead atoms. The highest BCUT2D eigenvalue weighted by molar-refractivity contribution is 9.10. The summed E-state index contributed by atoms with van der Waals surface area (Å²) in [5, 5.41) is 19.3. The second-order valence-corrected chi connectivity index (χ2v) is 3.94. The number of rotatable bonds is 1. The van der Waals surface area contributed by atoms with Gasteiger partial charge in [-0.15, -0.1) is 0 Å². The summed E-state index contributed by atoms with van der Waals surface area (Å²) in [6, 6.07) is 1.71. The Balaban J connectivity index is 2.95. The predicted octanol–water partition coefficient (Wildman–Crippen LogP) is 0.690. The van der Waals surface area contributed by atoms with Crippen LogP contribution >= 0.6 is 27.5 Å². The Morgan fingerprint density at radius 3 is 2.92 bits per heavy atom. The van der Waals surface area contributed by atoms with E-state index >= 15 is 0 Å². The van der Waals surface area contributed by atoms with E-state index in [9.17, 15) is 10.1 Å². The first-order valence-electron chi connectivity index (χ1n) is 3.30. The Morgan fingerprint density at radius 1 is 1.92 bits per heavy atom. The summed E-state index contributed by atoms with van der Waals surface area (Å²) in [6.07, 6.45) is 0. The van der Waals surface area contributed by atoms with E-state index in [0.717, 1.165) is 0 Å². The molecule has 2 atom stereocenters. The van der Waals surface area contributed by atoms with E-state index in [1.54, 1.807) is 6.07 Å². The number of hydrazine groups is 1. The number of alkyl halides is 2. The Kier molecular flexibility index (Phi) is 2.95. The van der Waals surface area contributed by atoms with Crippen molar-refractivity contribution in [2.24, 2.45) is 0 Å². The fourth-order valence-electron chi connectivity index (χ4n) is 0.942. The lowest BCUT2D eigenvalue weighted by atomic mass is 10.3. The Morgan fingerprint density at radius 2 is 2.54 bits per heavy atom. The number of hydrogen-bond donors (Lipinski definition) is 0. The molecule has 13 heavy (non-hydrogen) atoms. The summed E-state index contributed by atoms with van der Waals surface area (Å²) in [6.45, 7) is 0.152. The maximum absolute atomic E-state index is 10.5. The quantitative estimate of drug-likeness (QED) is 0.303. The summed E-state index contributed by atoms with van der Waals surface area (Å²) in [4.78, 5) is 10.5. The van der Waals surface area contributed by atoms with Crippen LogP contribution in [-0.2, 0) is 4.74 Å². The van der Waals surface area contributed by atoms with Gasteiger partial charge < -0.3 is 4.74 Å². The highest BCUT2D eigenvalue weighted by atomic mass is 79.9. The van der Waals surface area contributed by atoms with Crippen molar-refractivity contribution >= 4 is 27.5 Å². The fourth-order valence-corrected chi connectivity index (χ4v) is 1.63. The first-order chi connectivity index (χ1) is 6.02. The van der Waals surface area contributed by atoms with Crippen molar-refractivity contribution in [2.45, 2.75) is 10.0 Å². The van der Waals surface area contributed by atoms with Crippen molar-refractivity contribution < 1.29 is 9.77 Å². The van der Waals surface area contributed by atoms with Crippen molar-refractivity contribution in [1.29, 1.82) is 5.26 Å². The van der Waals surface area contributed by atoms with E-state index in [2.05, 4.69) is 15.9 Å². The number of halogens is 2. The van der Waals surface area contributed by atoms with Gasteiger partial charge in [-0.1, -0.05) is 16.6 Å². The normalized spacial score (nSPS) is 33.9. The van der Waals surface area contributed by atoms with Crippen LogP contribution in [0.15, 0.2) is 0 Å². The largest absolute Gasteiger partial charge is 0.356 e. The molecule has 1 aliphatic heterocycles. The second-order valence-electron chi connectivity index (χ2n) is 2.33. The van der Waals surface area contributed by atoms with E-state index in [-0.39, 0.29) is 13.2 Å². The van der Waals surface area contributed by atoms with Gasteiger partial charge in [0.15, 0.2) is 10.6 Å². The van der Waals surface area contributed by atoms with Crippen molar-refractivity contribution in [3.05, 3.63) is 10.1 Å². The molecule has 0 amide bonds. The van der Waals surface area contributed by atoms with E-state index in [1.807, 2.05) is 0 Å². The molecule has 0 aromatic rings. The van der Waals surface area contributed by atoms with Crippen LogP contribution in [0.2, 0.25) is 0 Å². The van der Waals surface area contributed by atoms with Crippen molar-refractivity contribution in [2.75, 3.05) is 13.2 Å². The fraction of sp³-hybridized carbons (Fsp3) is 0.800. The molecule has 1 aliphatic rings. The molecule has 0 aliphatic carbocycles. The zero-order valence-corrected chi connectivity index (χ0v) is 8.66. The smallest absolute Gasteiger partial charge is 0.278 e. The molecule has 1 rings (SSSR count). The SMILES string of the molecule is N#CC1(Br)C(Cl)OCCN1[N+](=O)[O-]. The average Bonchev–Trinajstić information content (AvgIpc) is 2.09. The zero-order valence-electron chi connectivity index (χ0n) is 6.31. The van der Waals surface area contributed by atoms with E-state index in [0.29, 0.717) is 5.01 Å². The number of morpholine rings is 1. The third-order valence-electron chi connectivity index (χ3n) is 1.60. The van der Waals surface area contributed by atoms with Crippen LogP contribution in [-0.4, -0.2) is 33.2 Å². The van der Waals surface area contributed by atoms with Gasteiger partial charge in [0.05, 0.1) is 6.61 Å². The second kappa shape index (κ2) is 3.65. The number of ether oxygens (including phenoxy) is 1. The van der Waals surface area contributed by atoms with Crippen molar-refractivity contribution in [3.8, 4) is 6.07 Å². The molecule has 0 N–H and O–H groups in total. The zero-order chi connectivity index (χ0) is 10.1. The molecule has 72 valence electrons. The Bertz CT molecular complexity index is 270. The van der Waals surface area contributed by atoms with E-state index in [1.165, 1.54) is 0 Å². The van der Waals surface area contributed by atoms with Crippen LogP contribution < -0.4 is 0 Å². The molecule has 1 saturated heterocycles. The van der Waals surface area contributed by atoms with E-state index < -0.39 is 15.0 Å². The molecular weight excluding hydrogens is 265 g/mol. The monoisotopic (exact) mass is 269 g/mol. The number of nitrogens with zero attached hydrogens (tertiary/aromatic N) is 3. The van der Waals surface area contributed by atoms with Crippen LogP contribution in [0.4, 0.5) is 0 Å². The minimum atomic E-state index is -1.59. The molecule has 6 nitrogen and oxygen atoms in total. The molecule has 0 spiro atoms. The van der Waals surface area contributed by atoms with Crippen LogP contribution in [0.3, 0.4) is 0 Å². The molecule has 1 fully saturated rings. The van der Waals surface area contributed by atoms with Gasteiger partial charge >= 0.3 is 0 Å². The van der Waals surface area contributed by atoms with Gasteiger partial charge in [-0.05, 0) is 15.9 Å². The molecule has 1 heterocycles. The van der Waals surface area contributed by atoms with Gasteiger partial charge in [-0.3, -0.25) is 0 Å². The van der Waals surface area contributed by atoms with Crippen LogP contribution in [0, 0.1) is 21.4 Å². The highest BCUT2D eigenvalue weighted by Crippen LogP contribution is 2.33. The lowest BCUT2D eigenvalue weighted by Crippen LogP contribution is -2.57. The van der Waals surface area contributed by atoms with E-state index in [4.69, 9.17) is 21.6 Å². The summed E-state index contributed by atoms with van der Waals surface area (Å²) in [5.41, 5.74) is -1.06. The van der Waals surface area contributed by atoms with Gasteiger partial charge in [-0.2, -0.15) is 5.26 Å². The maximum atomic E-state index is 10.5. The van der Waals surface area contributed by atoms with Crippen LogP contribution in [0.1, 0.15) is 0 Å². The van der Waals surface area contributed by atoms with Crippen LogP contribution in [0.25, 0.3) is 0 Å². The molecule has 0 saturated carbocycles. The van der Waals surface area contributed by atoms with Crippen molar-refractivity contribution in [3.63, 3.8) is 0 Å². The van der Waals surface area contributed by atoms with Gasteiger partial charge in [0, 0.05) is 0 Å². The Hall–Kier alpha value is -0.580. The average molecular weight is 270 g/mol. The first-order valence-corrected chi connectivity index (χ1v) is 4.53. The number of nitro groups is 1. The molecular formula is C5H5BrClN3O3. The maximum Gasteiger partial charge on any atom is 0.278 e. The van der Waals surface area contributed by atoms with Crippen LogP contribution in [0.5, 0.6) is 0 Å². The van der Waals surface area contributed by atoms with Gasteiger partial charge in [0.1, 0.15) is 12.6 Å². The first kappa shape index (κ1) is 10.5. The summed E-state index contributed by atoms with van der Waals surface area (Å²) >= 11 is 8.52. The van der Waals surface area contributed by atoms with Gasteiger partial charge in [0.25, 0.3) is 4.45 Å². The highest BCUT2D eigenvalue weighted by Gasteiger charge is 2.51. The molecule has 0 radical (unpaired) electrons. The minimum absolute atomic E-state index is 0.0228. The summed E-state index contributed by atoms with van der Waals surface area (Å²) < 4.78 is 3.33. The predicted molar refractivity (Wildman–Crippen MR) is 46.6 cm³/mol. The third-order valence-corrected chi connectivity index (χ3v) is 3.31.